The topological polar surface area (TPSA) is 28.2 Å². The van der Waals surface area contributed by atoms with Crippen LogP contribution in [0.2, 0.25) is 10.2 Å². The number of aromatic nitrogens is 1. The highest BCUT2D eigenvalue weighted by molar-refractivity contribution is 6.34. The maximum atomic E-state index is 6.21. The van der Waals surface area contributed by atoms with Gasteiger partial charge in [-0.1, -0.05) is 30.1 Å². The van der Waals surface area contributed by atoms with Crippen LogP contribution in [-0.4, -0.2) is 35.6 Å². The van der Waals surface area contributed by atoms with Gasteiger partial charge < -0.3 is 5.32 Å². The Labute approximate surface area is 118 Å². The highest BCUT2D eigenvalue weighted by Crippen LogP contribution is 2.22. The van der Waals surface area contributed by atoms with E-state index in [1.165, 1.54) is 12.8 Å². The number of hydrogen-bond donors (Lipinski definition) is 1. The van der Waals surface area contributed by atoms with Crippen LogP contribution in [0.1, 0.15) is 25.3 Å². The summed E-state index contributed by atoms with van der Waals surface area (Å²) in [6.45, 7) is 6.29. The van der Waals surface area contributed by atoms with Crippen LogP contribution in [0, 0.1) is 0 Å². The Balaban J connectivity index is 2.04. The van der Waals surface area contributed by atoms with E-state index in [1.54, 1.807) is 12.3 Å². The average Bonchev–Trinajstić information content (AvgIpc) is 2.39. The number of hydrogen-bond acceptors (Lipinski definition) is 3. The fourth-order valence-corrected chi connectivity index (χ4v) is 2.87. The lowest BCUT2D eigenvalue weighted by Crippen LogP contribution is -2.42. The zero-order valence-corrected chi connectivity index (χ0v) is 12.1. The summed E-state index contributed by atoms with van der Waals surface area (Å²) in [6.07, 6.45) is 4.19. The van der Waals surface area contributed by atoms with E-state index in [9.17, 15) is 0 Å². The summed E-state index contributed by atoms with van der Waals surface area (Å²) < 4.78 is 0. The molecular weight excluding hydrogens is 269 g/mol. The van der Waals surface area contributed by atoms with Crippen LogP contribution in [0.4, 0.5) is 0 Å². The van der Waals surface area contributed by atoms with Gasteiger partial charge in [-0.3, -0.25) is 4.90 Å². The molecule has 1 aliphatic heterocycles. The Kier molecular flexibility index (Phi) is 5.25. The summed E-state index contributed by atoms with van der Waals surface area (Å²) in [4.78, 5) is 6.58. The molecule has 5 heteroatoms. The third kappa shape index (κ3) is 3.58. The average molecular weight is 288 g/mol. The van der Waals surface area contributed by atoms with Gasteiger partial charge in [0.05, 0.1) is 0 Å². The Morgan fingerprint density at radius 3 is 2.72 bits per heavy atom. The molecule has 1 N–H and O–H groups in total. The van der Waals surface area contributed by atoms with E-state index in [1.807, 2.05) is 0 Å². The molecule has 0 spiro atoms. The van der Waals surface area contributed by atoms with Gasteiger partial charge in [0.1, 0.15) is 5.15 Å². The lowest BCUT2D eigenvalue weighted by Gasteiger charge is -2.34. The summed E-state index contributed by atoms with van der Waals surface area (Å²) in [5.41, 5.74) is 1.06. The number of nitrogens with one attached hydrogen (secondary N) is 1. The first kappa shape index (κ1) is 14.1. The molecule has 2 rings (SSSR count). The van der Waals surface area contributed by atoms with Crippen LogP contribution in [0.3, 0.4) is 0 Å². The van der Waals surface area contributed by atoms with E-state index in [-0.39, 0.29) is 0 Å². The van der Waals surface area contributed by atoms with Gasteiger partial charge in [0.2, 0.25) is 0 Å². The van der Waals surface area contributed by atoms with E-state index in [2.05, 4.69) is 22.1 Å². The van der Waals surface area contributed by atoms with Crippen molar-refractivity contribution < 1.29 is 0 Å². The maximum absolute atomic E-state index is 6.21. The molecule has 3 nitrogen and oxygen atoms in total. The second kappa shape index (κ2) is 6.71. The predicted molar refractivity (Wildman–Crippen MR) is 76.2 cm³/mol. The van der Waals surface area contributed by atoms with E-state index in [0.717, 1.165) is 31.7 Å². The fraction of sp³-hybridized carbons (Fsp3) is 0.615. The van der Waals surface area contributed by atoms with E-state index in [4.69, 9.17) is 23.2 Å². The Hall–Kier alpha value is -0.350. The second-order valence-electron chi connectivity index (χ2n) is 4.64. The first-order chi connectivity index (χ1) is 8.70. The van der Waals surface area contributed by atoms with Gasteiger partial charge in [-0.15, -0.1) is 0 Å². The number of rotatable bonds is 4. The van der Waals surface area contributed by atoms with Crippen molar-refractivity contribution in [3.63, 3.8) is 0 Å². The lowest BCUT2D eigenvalue weighted by atomic mass is 10.0. The molecular formula is C13H19Cl2N3. The Morgan fingerprint density at radius 1 is 1.39 bits per heavy atom. The molecule has 1 aromatic rings. The summed E-state index contributed by atoms with van der Waals surface area (Å²) in [5.74, 6) is 0. The van der Waals surface area contributed by atoms with Gasteiger partial charge in [0.25, 0.3) is 0 Å². The minimum atomic E-state index is 0.452. The first-order valence-electron chi connectivity index (χ1n) is 6.45. The van der Waals surface area contributed by atoms with Crippen molar-refractivity contribution >= 4 is 23.2 Å². The van der Waals surface area contributed by atoms with Crippen molar-refractivity contribution in [3.05, 3.63) is 28.0 Å². The molecule has 0 amide bonds. The molecule has 1 fully saturated rings. The number of nitrogens with zero attached hydrogens (tertiary/aromatic N) is 2. The molecule has 0 radical (unpaired) electrons. The van der Waals surface area contributed by atoms with Gasteiger partial charge in [0.15, 0.2) is 0 Å². The summed E-state index contributed by atoms with van der Waals surface area (Å²) in [6, 6.07) is 2.36. The van der Waals surface area contributed by atoms with Crippen molar-refractivity contribution in [2.24, 2.45) is 0 Å². The highest BCUT2D eigenvalue weighted by Gasteiger charge is 2.20. The SMILES string of the molecule is CCN(Cc1cnc(Cl)cc1Cl)C1CCNCC1. The lowest BCUT2D eigenvalue weighted by molar-refractivity contribution is 0.162. The van der Waals surface area contributed by atoms with Gasteiger partial charge in [-0.25, -0.2) is 4.98 Å². The van der Waals surface area contributed by atoms with Crippen molar-refractivity contribution in [1.29, 1.82) is 0 Å². The third-order valence-electron chi connectivity index (χ3n) is 3.50. The second-order valence-corrected chi connectivity index (χ2v) is 5.44. The van der Waals surface area contributed by atoms with Crippen LogP contribution in [0.5, 0.6) is 0 Å². The largest absolute Gasteiger partial charge is 0.317 e. The number of halogens is 2. The van der Waals surface area contributed by atoms with Gasteiger partial charge in [-0.05, 0) is 38.5 Å². The Bertz CT molecular complexity index is 392. The van der Waals surface area contributed by atoms with Crippen molar-refractivity contribution in [2.45, 2.75) is 32.4 Å². The molecule has 0 unspecified atom stereocenters. The van der Waals surface area contributed by atoms with Crippen LogP contribution in [0.15, 0.2) is 12.3 Å². The Morgan fingerprint density at radius 2 is 2.11 bits per heavy atom. The van der Waals surface area contributed by atoms with Crippen LogP contribution in [0.25, 0.3) is 0 Å². The zero-order valence-electron chi connectivity index (χ0n) is 10.6. The molecule has 0 atom stereocenters. The fourth-order valence-electron chi connectivity index (χ4n) is 2.44. The molecule has 0 bridgehead atoms. The van der Waals surface area contributed by atoms with Crippen molar-refractivity contribution in [3.8, 4) is 0 Å². The number of pyridine rings is 1. The van der Waals surface area contributed by atoms with Gasteiger partial charge >= 0.3 is 0 Å². The van der Waals surface area contributed by atoms with Crippen molar-refractivity contribution in [1.82, 2.24) is 15.2 Å². The molecule has 0 aromatic carbocycles. The molecule has 2 heterocycles. The molecule has 1 aromatic heterocycles. The molecule has 0 saturated carbocycles. The predicted octanol–water partition coefficient (Wildman–Crippen LogP) is 2.96. The normalized spacial score (nSPS) is 17.3. The molecule has 1 aliphatic rings. The van der Waals surface area contributed by atoms with Crippen LogP contribution in [-0.2, 0) is 6.54 Å². The minimum Gasteiger partial charge on any atom is -0.317 e. The first-order valence-corrected chi connectivity index (χ1v) is 7.21. The summed E-state index contributed by atoms with van der Waals surface area (Å²) >= 11 is 12.0. The minimum absolute atomic E-state index is 0.452. The van der Waals surface area contributed by atoms with Crippen molar-refractivity contribution in [2.75, 3.05) is 19.6 Å². The van der Waals surface area contributed by atoms with E-state index < -0.39 is 0 Å². The number of piperidine rings is 1. The summed E-state index contributed by atoms with van der Waals surface area (Å²) in [7, 11) is 0. The maximum Gasteiger partial charge on any atom is 0.130 e. The monoisotopic (exact) mass is 287 g/mol. The van der Waals surface area contributed by atoms with Crippen LogP contribution < -0.4 is 5.32 Å². The smallest absolute Gasteiger partial charge is 0.130 e. The zero-order chi connectivity index (χ0) is 13.0. The summed E-state index contributed by atoms with van der Waals surface area (Å²) in [5, 5.41) is 4.56. The standard InChI is InChI=1S/C13H19Cl2N3/c1-2-18(11-3-5-16-6-4-11)9-10-8-17-13(15)7-12(10)14/h7-8,11,16H,2-6,9H2,1H3. The van der Waals surface area contributed by atoms with Crippen LogP contribution >= 0.6 is 23.2 Å². The van der Waals surface area contributed by atoms with Gasteiger partial charge in [0, 0.05) is 29.4 Å². The molecule has 18 heavy (non-hydrogen) atoms. The highest BCUT2D eigenvalue weighted by atomic mass is 35.5. The van der Waals surface area contributed by atoms with E-state index >= 15 is 0 Å². The molecule has 1 saturated heterocycles. The third-order valence-corrected chi connectivity index (χ3v) is 4.06. The van der Waals surface area contributed by atoms with Gasteiger partial charge in [-0.2, -0.15) is 0 Å². The molecule has 0 aliphatic carbocycles. The quantitative estimate of drug-likeness (QED) is 0.863. The van der Waals surface area contributed by atoms with E-state index in [0.29, 0.717) is 16.2 Å². The molecule has 100 valence electrons.